The van der Waals surface area contributed by atoms with Crippen molar-refractivity contribution in [1.29, 1.82) is 0 Å². The van der Waals surface area contributed by atoms with E-state index in [0.29, 0.717) is 0 Å². The lowest BCUT2D eigenvalue weighted by molar-refractivity contribution is 0.0148. The molecule has 0 radical (unpaired) electrons. The van der Waals surface area contributed by atoms with Gasteiger partial charge >= 0.3 is 0 Å². The first-order valence-corrected chi connectivity index (χ1v) is 6.92. The zero-order valence-electron chi connectivity index (χ0n) is 9.87. The molecule has 1 N–H and O–H groups in total. The van der Waals surface area contributed by atoms with Gasteiger partial charge in [-0.2, -0.15) is 0 Å². The van der Waals surface area contributed by atoms with Crippen LogP contribution in [0.15, 0.2) is 6.20 Å². The molecule has 0 aromatic carbocycles. The summed E-state index contributed by atoms with van der Waals surface area (Å²) >= 11 is 1.83. The Kier molecular flexibility index (Phi) is 4.75. The standard InChI is InChI=1S/C12H20N2OS/c1-13-7-4-5-10-9-14-12(16-10)11-6-2-3-8-15-11/h9,11,13H,2-8H2,1H3. The topological polar surface area (TPSA) is 34.2 Å². The van der Waals surface area contributed by atoms with Gasteiger partial charge in [0.05, 0.1) is 0 Å². The van der Waals surface area contributed by atoms with E-state index >= 15 is 0 Å². The Bertz CT molecular complexity index is 308. The summed E-state index contributed by atoms with van der Waals surface area (Å²) < 4.78 is 5.74. The maximum atomic E-state index is 5.74. The molecule has 16 heavy (non-hydrogen) atoms. The van der Waals surface area contributed by atoms with Crippen LogP contribution in [0.2, 0.25) is 0 Å². The summed E-state index contributed by atoms with van der Waals surface area (Å²) in [4.78, 5) is 5.88. The summed E-state index contributed by atoms with van der Waals surface area (Å²) in [6.45, 7) is 1.98. The largest absolute Gasteiger partial charge is 0.371 e. The number of ether oxygens (including phenoxy) is 1. The fourth-order valence-electron chi connectivity index (χ4n) is 1.96. The van der Waals surface area contributed by atoms with Crippen LogP contribution in [0.5, 0.6) is 0 Å². The summed E-state index contributed by atoms with van der Waals surface area (Å²) in [6.07, 6.45) is 8.24. The van der Waals surface area contributed by atoms with E-state index in [1.165, 1.54) is 29.1 Å². The van der Waals surface area contributed by atoms with Crippen LogP contribution in [-0.2, 0) is 11.2 Å². The average Bonchev–Trinajstić information content (AvgIpc) is 2.79. The van der Waals surface area contributed by atoms with Gasteiger partial charge in [-0.3, -0.25) is 0 Å². The summed E-state index contributed by atoms with van der Waals surface area (Å²) in [6, 6.07) is 0. The second-order valence-corrected chi connectivity index (χ2v) is 5.37. The molecule has 0 aliphatic carbocycles. The number of hydrogen-bond donors (Lipinski definition) is 1. The second kappa shape index (κ2) is 6.33. The summed E-state index contributed by atoms with van der Waals surface area (Å²) in [7, 11) is 1.99. The molecule has 1 aliphatic heterocycles. The zero-order chi connectivity index (χ0) is 11.2. The molecule has 0 spiro atoms. The Morgan fingerprint density at radius 2 is 2.50 bits per heavy atom. The van der Waals surface area contributed by atoms with Gasteiger partial charge in [-0.25, -0.2) is 4.98 Å². The molecular formula is C12H20N2OS. The van der Waals surface area contributed by atoms with E-state index in [2.05, 4.69) is 10.3 Å². The maximum absolute atomic E-state index is 5.74. The van der Waals surface area contributed by atoms with Crippen molar-refractivity contribution in [1.82, 2.24) is 10.3 Å². The molecule has 0 amide bonds. The van der Waals surface area contributed by atoms with Crippen LogP contribution < -0.4 is 5.32 Å². The Labute approximate surface area is 101 Å². The fourth-order valence-corrected chi connectivity index (χ4v) is 3.01. The third-order valence-electron chi connectivity index (χ3n) is 2.88. The van der Waals surface area contributed by atoms with E-state index in [0.717, 1.165) is 26.0 Å². The van der Waals surface area contributed by atoms with Crippen LogP contribution >= 0.6 is 11.3 Å². The van der Waals surface area contributed by atoms with Crippen LogP contribution in [-0.4, -0.2) is 25.2 Å². The van der Waals surface area contributed by atoms with Gasteiger partial charge in [-0.1, -0.05) is 0 Å². The van der Waals surface area contributed by atoms with Gasteiger partial charge in [0.1, 0.15) is 11.1 Å². The van der Waals surface area contributed by atoms with Crippen molar-refractivity contribution in [2.45, 2.75) is 38.2 Å². The first-order valence-electron chi connectivity index (χ1n) is 6.11. The zero-order valence-corrected chi connectivity index (χ0v) is 10.7. The predicted octanol–water partition coefficient (Wildman–Crippen LogP) is 2.54. The number of nitrogens with one attached hydrogen (secondary N) is 1. The Morgan fingerprint density at radius 3 is 3.25 bits per heavy atom. The van der Waals surface area contributed by atoms with Crippen molar-refractivity contribution in [3.63, 3.8) is 0 Å². The quantitative estimate of drug-likeness (QED) is 0.803. The molecule has 3 nitrogen and oxygen atoms in total. The Morgan fingerprint density at radius 1 is 1.56 bits per heavy atom. The second-order valence-electron chi connectivity index (χ2n) is 4.23. The molecule has 1 saturated heterocycles. The van der Waals surface area contributed by atoms with Gasteiger partial charge in [0.15, 0.2) is 0 Å². The van der Waals surface area contributed by atoms with Crippen molar-refractivity contribution in [2.75, 3.05) is 20.2 Å². The van der Waals surface area contributed by atoms with Crippen molar-refractivity contribution in [3.8, 4) is 0 Å². The predicted molar refractivity (Wildman–Crippen MR) is 66.9 cm³/mol. The number of aromatic nitrogens is 1. The fraction of sp³-hybridized carbons (Fsp3) is 0.750. The van der Waals surface area contributed by atoms with Gasteiger partial charge in [-0.15, -0.1) is 11.3 Å². The lowest BCUT2D eigenvalue weighted by Crippen LogP contribution is -2.10. The van der Waals surface area contributed by atoms with Gasteiger partial charge in [-0.05, 0) is 45.7 Å². The van der Waals surface area contributed by atoms with Crippen LogP contribution in [0.4, 0.5) is 0 Å². The van der Waals surface area contributed by atoms with Crippen molar-refractivity contribution in [2.24, 2.45) is 0 Å². The minimum absolute atomic E-state index is 0.275. The number of rotatable bonds is 5. The molecule has 1 unspecified atom stereocenters. The molecule has 0 saturated carbocycles. The number of aryl methyl sites for hydroxylation is 1. The molecule has 0 bridgehead atoms. The smallest absolute Gasteiger partial charge is 0.122 e. The van der Waals surface area contributed by atoms with E-state index in [-0.39, 0.29) is 6.10 Å². The van der Waals surface area contributed by atoms with Gasteiger partial charge in [0, 0.05) is 17.7 Å². The highest BCUT2D eigenvalue weighted by Crippen LogP contribution is 2.30. The summed E-state index contributed by atoms with van der Waals surface area (Å²) in [5.41, 5.74) is 0. The first-order chi connectivity index (χ1) is 7.90. The number of thiazole rings is 1. The molecule has 1 aromatic heterocycles. The minimum atomic E-state index is 0.275. The Balaban J connectivity index is 1.85. The van der Waals surface area contributed by atoms with Crippen molar-refractivity contribution in [3.05, 3.63) is 16.1 Å². The van der Waals surface area contributed by atoms with E-state index in [1.807, 2.05) is 24.6 Å². The van der Waals surface area contributed by atoms with Crippen molar-refractivity contribution >= 4 is 11.3 Å². The highest BCUT2D eigenvalue weighted by Gasteiger charge is 2.19. The summed E-state index contributed by atoms with van der Waals surface area (Å²) in [5, 5.41) is 4.35. The molecule has 90 valence electrons. The van der Waals surface area contributed by atoms with Crippen molar-refractivity contribution < 1.29 is 4.74 Å². The number of nitrogens with zero attached hydrogens (tertiary/aromatic N) is 1. The summed E-state index contributed by atoms with van der Waals surface area (Å²) in [5.74, 6) is 0. The molecular weight excluding hydrogens is 220 g/mol. The van der Waals surface area contributed by atoms with E-state index in [4.69, 9.17) is 4.74 Å². The van der Waals surface area contributed by atoms with Crippen LogP contribution in [0.25, 0.3) is 0 Å². The highest BCUT2D eigenvalue weighted by molar-refractivity contribution is 7.11. The molecule has 2 rings (SSSR count). The highest BCUT2D eigenvalue weighted by atomic mass is 32.1. The third kappa shape index (κ3) is 3.27. The molecule has 1 aliphatic rings. The lowest BCUT2D eigenvalue weighted by Gasteiger charge is -2.20. The monoisotopic (exact) mass is 240 g/mol. The minimum Gasteiger partial charge on any atom is -0.371 e. The Hall–Kier alpha value is -0.450. The average molecular weight is 240 g/mol. The van der Waals surface area contributed by atoms with Gasteiger partial charge in [0.2, 0.25) is 0 Å². The molecule has 1 atom stereocenters. The van der Waals surface area contributed by atoms with Gasteiger partial charge < -0.3 is 10.1 Å². The molecule has 4 heteroatoms. The normalized spacial score (nSPS) is 21.2. The van der Waals surface area contributed by atoms with Crippen LogP contribution in [0.1, 0.15) is 41.7 Å². The SMILES string of the molecule is CNCCCc1cnc(C2CCCCO2)s1. The maximum Gasteiger partial charge on any atom is 0.122 e. The van der Waals surface area contributed by atoms with E-state index < -0.39 is 0 Å². The molecule has 2 heterocycles. The third-order valence-corrected chi connectivity index (χ3v) is 4.03. The van der Waals surface area contributed by atoms with E-state index in [1.54, 1.807) is 0 Å². The number of hydrogen-bond acceptors (Lipinski definition) is 4. The van der Waals surface area contributed by atoms with Crippen LogP contribution in [0, 0.1) is 0 Å². The first kappa shape index (κ1) is 12.0. The lowest BCUT2D eigenvalue weighted by atomic mass is 10.1. The van der Waals surface area contributed by atoms with Gasteiger partial charge in [0.25, 0.3) is 0 Å². The van der Waals surface area contributed by atoms with E-state index in [9.17, 15) is 0 Å². The molecule has 1 aromatic rings. The molecule has 1 fully saturated rings. The van der Waals surface area contributed by atoms with Crippen LogP contribution in [0.3, 0.4) is 0 Å².